The van der Waals surface area contributed by atoms with Crippen molar-refractivity contribution in [2.45, 2.75) is 23.2 Å². The van der Waals surface area contributed by atoms with Gasteiger partial charge in [0.05, 0.1) is 17.3 Å². The summed E-state index contributed by atoms with van der Waals surface area (Å²) in [7, 11) is 1.88. The van der Waals surface area contributed by atoms with Gasteiger partial charge in [0.15, 0.2) is 5.82 Å². The SMILES string of the molecule is CN(c1ccccc1)C1C2=C(OC(=O)C1(Cl)Cl)c1cnc(-c3ccccc3)nc1CC2. The van der Waals surface area contributed by atoms with Crippen molar-refractivity contribution in [2.24, 2.45) is 0 Å². The molecule has 0 saturated heterocycles. The van der Waals surface area contributed by atoms with Crippen LogP contribution < -0.4 is 4.90 Å². The number of hydrogen-bond donors (Lipinski definition) is 0. The van der Waals surface area contributed by atoms with E-state index in [0.717, 1.165) is 22.5 Å². The highest BCUT2D eigenvalue weighted by Gasteiger charge is 2.53. The summed E-state index contributed by atoms with van der Waals surface area (Å²) >= 11 is 13.1. The van der Waals surface area contributed by atoms with Gasteiger partial charge in [-0.05, 0) is 30.5 Å². The highest BCUT2D eigenvalue weighted by atomic mass is 35.5. The van der Waals surface area contributed by atoms with Crippen LogP contribution in [0.5, 0.6) is 0 Å². The van der Waals surface area contributed by atoms with Gasteiger partial charge in [0.2, 0.25) is 4.33 Å². The molecule has 1 aliphatic heterocycles. The van der Waals surface area contributed by atoms with E-state index in [2.05, 4.69) is 4.98 Å². The second-order valence-corrected chi connectivity index (χ2v) is 9.02. The van der Waals surface area contributed by atoms with Gasteiger partial charge in [-0.2, -0.15) is 0 Å². The maximum Gasteiger partial charge on any atom is 0.350 e. The first-order chi connectivity index (χ1) is 15.0. The molecular formula is C24H19Cl2N3O2. The predicted molar refractivity (Wildman–Crippen MR) is 122 cm³/mol. The van der Waals surface area contributed by atoms with E-state index in [1.807, 2.05) is 72.6 Å². The van der Waals surface area contributed by atoms with Gasteiger partial charge >= 0.3 is 5.97 Å². The number of anilines is 1. The summed E-state index contributed by atoms with van der Waals surface area (Å²) in [4.78, 5) is 24.0. The van der Waals surface area contributed by atoms with Gasteiger partial charge in [-0.3, -0.25) is 0 Å². The number of aromatic nitrogens is 2. The Hall–Kier alpha value is -2.89. The summed E-state index contributed by atoms with van der Waals surface area (Å²) in [6.07, 6.45) is 3.03. The van der Waals surface area contributed by atoms with Gasteiger partial charge in [0.25, 0.3) is 0 Å². The minimum Gasteiger partial charge on any atom is -0.423 e. The molecule has 0 spiro atoms. The standard InChI is InChI=1S/C24H19Cl2N3O2/c1-29(16-10-6-3-7-11-16)21-17-12-13-19-18(20(17)31-23(30)24(21,25)26)14-27-22(28-19)15-8-4-2-5-9-15/h2-11,14,21H,12-13H2,1H3. The van der Waals surface area contributed by atoms with Crippen molar-refractivity contribution in [2.75, 3.05) is 11.9 Å². The molecule has 2 aromatic carbocycles. The zero-order chi connectivity index (χ0) is 21.6. The fourth-order valence-corrected chi connectivity index (χ4v) is 4.86. The lowest BCUT2D eigenvalue weighted by Gasteiger charge is -2.43. The molecule has 0 saturated carbocycles. The summed E-state index contributed by atoms with van der Waals surface area (Å²) in [5.41, 5.74) is 4.27. The zero-order valence-corrected chi connectivity index (χ0v) is 18.3. The molecule has 0 bridgehead atoms. The van der Waals surface area contributed by atoms with Crippen LogP contribution in [0.4, 0.5) is 5.69 Å². The van der Waals surface area contributed by atoms with Crippen LogP contribution in [0, 0.1) is 0 Å². The third-order valence-corrected chi connectivity index (χ3v) is 6.48. The van der Waals surface area contributed by atoms with Crippen LogP contribution in [0.2, 0.25) is 0 Å². The predicted octanol–water partition coefficient (Wildman–Crippen LogP) is 5.04. The smallest absolute Gasteiger partial charge is 0.350 e. The van der Waals surface area contributed by atoms with Gasteiger partial charge in [0, 0.05) is 24.5 Å². The molecule has 7 heteroatoms. The average Bonchev–Trinajstić information content (AvgIpc) is 2.80. The third-order valence-electron chi connectivity index (χ3n) is 5.76. The van der Waals surface area contributed by atoms with Gasteiger partial charge in [-0.25, -0.2) is 14.8 Å². The van der Waals surface area contributed by atoms with Crippen molar-refractivity contribution in [3.8, 4) is 11.4 Å². The molecule has 0 amide bonds. The van der Waals surface area contributed by atoms with E-state index in [9.17, 15) is 4.79 Å². The second kappa shape index (κ2) is 7.66. The molecule has 156 valence electrons. The number of carbonyl (C=O) groups excluding carboxylic acids is 1. The third kappa shape index (κ3) is 3.38. The Morgan fingerprint density at radius 1 is 1.03 bits per heavy atom. The van der Waals surface area contributed by atoms with Crippen molar-refractivity contribution < 1.29 is 9.53 Å². The summed E-state index contributed by atoms with van der Waals surface area (Å²) < 4.78 is 3.93. The molecule has 0 N–H and O–H groups in total. The highest BCUT2D eigenvalue weighted by Crippen LogP contribution is 2.47. The number of aryl methyl sites for hydroxylation is 1. The van der Waals surface area contributed by atoms with Gasteiger partial charge < -0.3 is 9.64 Å². The molecule has 1 aliphatic carbocycles. The number of para-hydroxylation sites is 1. The van der Waals surface area contributed by atoms with E-state index in [-0.39, 0.29) is 0 Å². The normalized spacial score (nSPS) is 19.3. The van der Waals surface area contributed by atoms with E-state index < -0.39 is 16.3 Å². The zero-order valence-electron chi connectivity index (χ0n) is 16.8. The maximum atomic E-state index is 12.8. The first-order valence-corrected chi connectivity index (χ1v) is 10.7. The van der Waals surface area contributed by atoms with E-state index in [1.54, 1.807) is 6.20 Å². The largest absolute Gasteiger partial charge is 0.423 e. The average molecular weight is 452 g/mol. The molecule has 1 unspecified atom stereocenters. The molecule has 2 heterocycles. The lowest BCUT2D eigenvalue weighted by Crippen LogP contribution is -2.54. The number of alkyl halides is 2. The van der Waals surface area contributed by atoms with Gasteiger partial charge in [0.1, 0.15) is 5.76 Å². The van der Waals surface area contributed by atoms with Crippen LogP contribution >= 0.6 is 23.2 Å². The summed E-state index contributed by atoms with van der Waals surface area (Å²) in [6.45, 7) is 0. The molecule has 3 aromatic rings. The molecule has 2 aliphatic rings. The molecular weight excluding hydrogens is 433 g/mol. The summed E-state index contributed by atoms with van der Waals surface area (Å²) in [5.74, 6) is 0.422. The van der Waals surface area contributed by atoms with Crippen LogP contribution in [0.15, 0.2) is 72.4 Å². The lowest BCUT2D eigenvalue weighted by molar-refractivity contribution is -0.138. The topological polar surface area (TPSA) is 55.3 Å². The number of esters is 1. The Bertz CT molecular complexity index is 1180. The van der Waals surface area contributed by atoms with Crippen molar-refractivity contribution in [1.29, 1.82) is 0 Å². The van der Waals surface area contributed by atoms with Crippen molar-refractivity contribution in [3.63, 3.8) is 0 Å². The van der Waals surface area contributed by atoms with Gasteiger partial charge in [-0.15, -0.1) is 0 Å². The number of carbonyl (C=O) groups is 1. The number of likely N-dealkylation sites (N-methyl/N-ethyl adjacent to an activating group) is 1. The molecule has 5 nitrogen and oxygen atoms in total. The minimum atomic E-state index is -1.73. The van der Waals surface area contributed by atoms with Crippen molar-refractivity contribution >= 4 is 40.6 Å². The monoisotopic (exact) mass is 451 g/mol. The van der Waals surface area contributed by atoms with Crippen LogP contribution in [-0.2, 0) is 16.0 Å². The van der Waals surface area contributed by atoms with E-state index >= 15 is 0 Å². The number of nitrogens with zero attached hydrogens (tertiary/aromatic N) is 3. The summed E-state index contributed by atoms with van der Waals surface area (Å²) in [6, 6.07) is 18.9. The number of ether oxygens (including phenoxy) is 1. The Kier molecular flexibility index (Phi) is 4.95. The van der Waals surface area contributed by atoms with Crippen LogP contribution in [0.3, 0.4) is 0 Å². The molecule has 5 rings (SSSR count). The van der Waals surface area contributed by atoms with E-state index in [4.69, 9.17) is 32.9 Å². The van der Waals surface area contributed by atoms with Crippen molar-refractivity contribution in [3.05, 3.63) is 83.7 Å². The first-order valence-electron chi connectivity index (χ1n) is 9.99. The Morgan fingerprint density at radius 3 is 2.42 bits per heavy atom. The van der Waals surface area contributed by atoms with E-state index in [0.29, 0.717) is 30.0 Å². The molecule has 0 radical (unpaired) electrons. The number of benzene rings is 2. The Morgan fingerprint density at radius 2 is 1.71 bits per heavy atom. The maximum absolute atomic E-state index is 12.8. The molecule has 0 fully saturated rings. The van der Waals surface area contributed by atoms with Crippen LogP contribution in [0.25, 0.3) is 17.1 Å². The lowest BCUT2D eigenvalue weighted by atomic mass is 9.86. The fourth-order valence-electron chi connectivity index (χ4n) is 4.23. The quantitative estimate of drug-likeness (QED) is 0.412. The van der Waals surface area contributed by atoms with Gasteiger partial charge in [-0.1, -0.05) is 71.7 Å². The Balaban J connectivity index is 1.60. The summed E-state index contributed by atoms with van der Waals surface area (Å²) in [5, 5.41) is 0. The molecule has 1 aromatic heterocycles. The van der Waals surface area contributed by atoms with Crippen LogP contribution in [0.1, 0.15) is 17.7 Å². The van der Waals surface area contributed by atoms with Crippen molar-refractivity contribution in [1.82, 2.24) is 9.97 Å². The Labute approximate surface area is 190 Å². The number of hydrogen-bond acceptors (Lipinski definition) is 5. The van der Waals surface area contributed by atoms with E-state index in [1.165, 1.54) is 0 Å². The fraction of sp³-hybridized carbons (Fsp3) is 0.208. The molecule has 1 atom stereocenters. The number of halogens is 2. The first kappa shape index (κ1) is 20.0. The number of rotatable bonds is 3. The van der Waals surface area contributed by atoms with Crippen LogP contribution in [-0.4, -0.2) is 33.4 Å². The highest BCUT2D eigenvalue weighted by molar-refractivity contribution is 6.59. The molecule has 31 heavy (non-hydrogen) atoms. The second-order valence-electron chi connectivity index (χ2n) is 7.64. The minimum absolute atomic E-state index is 0.468. The number of fused-ring (bicyclic) bond motifs is 2.